The molecule has 0 bridgehead atoms. The maximum atomic E-state index is 12.8. The van der Waals surface area contributed by atoms with E-state index in [1.54, 1.807) is 0 Å². The summed E-state index contributed by atoms with van der Waals surface area (Å²) in [7, 11) is 0. The van der Waals surface area contributed by atoms with Gasteiger partial charge < -0.3 is 4.74 Å². The molecule has 1 aliphatic rings. The Morgan fingerprint density at radius 1 is 1.23 bits per heavy atom. The summed E-state index contributed by atoms with van der Waals surface area (Å²) in [5.74, 6) is 0.0237. The normalized spacial score (nSPS) is 24.0. The van der Waals surface area contributed by atoms with Gasteiger partial charge in [-0.15, -0.1) is 0 Å². The van der Waals surface area contributed by atoms with Crippen LogP contribution >= 0.6 is 0 Å². The lowest BCUT2D eigenvalue weighted by atomic mass is 9.88. The van der Waals surface area contributed by atoms with Crippen LogP contribution in [0.1, 0.15) is 52.2 Å². The average Bonchev–Trinajstić information content (AvgIpc) is 2.83. The number of nitrogens with zero attached hydrogens (tertiary/aromatic N) is 1. The number of amides is 2. The highest BCUT2D eigenvalue weighted by Crippen LogP contribution is 2.34. The van der Waals surface area contributed by atoms with Crippen LogP contribution in [0.3, 0.4) is 0 Å². The number of cyclic esters (lactones) is 1. The second kappa shape index (κ2) is 6.95. The second-order valence-electron chi connectivity index (χ2n) is 6.06. The minimum atomic E-state index is -0.520. The molecule has 1 aromatic carbocycles. The van der Waals surface area contributed by atoms with Crippen LogP contribution in [0.2, 0.25) is 0 Å². The maximum Gasteiger partial charge on any atom is 0.417 e. The molecule has 0 aliphatic carbocycles. The van der Waals surface area contributed by atoms with E-state index in [0.29, 0.717) is 0 Å². The summed E-state index contributed by atoms with van der Waals surface area (Å²) in [5.41, 5.74) is 0.926. The molecule has 0 N–H and O–H groups in total. The number of carbonyl (C=O) groups is 2. The molecule has 120 valence electrons. The molecule has 2 rings (SSSR count). The van der Waals surface area contributed by atoms with E-state index in [9.17, 15) is 9.59 Å². The third-order valence-electron chi connectivity index (χ3n) is 4.72. The van der Waals surface area contributed by atoms with Crippen molar-refractivity contribution < 1.29 is 14.3 Å². The summed E-state index contributed by atoms with van der Waals surface area (Å²) in [4.78, 5) is 26.3. The summed E-state index contributed by atoms with van der Waals surface area (Å²) in [6.07, 6.45) is 0.754. The van der Waals surface area contributed by atoms with Gasteiger partial charge in [-0.25, -0.2) is 9.69 Å². The van der Waals surface area contributed by atoms with E-state index < -0.39 is 6.09 Å². The summed E-state index contributed by atoms with van der Waals surface area (Å²) >= 11 is 0. The fourth-order valence-electron chi connectivity index (χ4n) is 3.13. The van der Waals surface area contributed by atoms with E-state index in [1.807, 2.05) is 44.2 Å². The minimum absolute atomic E-state index is 0.104. The molecule has 1 saturated heterocycles. The topological polar surface area (TPSA) is 46.6 Å². The molecule has 0 aromatic heterocycles. The van der Waals surface area contributed by atoms with Crippen LogP contribution in [0.25, 0.3) is 0 Å². The zero-order chi connectivity index (χ0) is 16.3. The molecule has 4 nitrogen and oxygen atoms in total. The van der Waals surface area contributed by atoms with E-state index in [-0.39, 0.29) is 29.9 Å². The Hall–Kier alpha value is -1.84. The molecule has 0 radical (unpaired) electrons. The smallest absolute Gasteiger partial charge is 0.417 e. The summed E-state index contributed by atoms with van der Waals surface area (Å²) in [5, 5.41) is 0. The summed E-state index contributed by atoms with van der Waals surface area (Å²) < 4.78 is 5.47. The van der Waals surface area contributed by atoms with Gasteiger partial charge >= 0.3 is 6.09 Å². The molecule has 1 heterocycles. The Morgan fingerprint density at radius 2 is 1.86 bits per heavy atom. The van der Waals surface area contributed by atoms with Crippen molar-refractivity contribution in [1.29, 1.82) is 0 Å². The fraction of sp³-hybridized carbons (Fsp3) is 0.556. The predicted molar refractivity (Wildman–Crippen MR) is 85.2 cm³/mol. The van der Waals surface area contributed by atoms with Gasteiger partial charge in [-0.1, -0.05) is 57.5 Å². The van der Waals surface area contributed by atoms with E-state index in [2.05, 4.69) is 13.8 Å². The Balaban J connectivity index is 2.21. The van der Waals surface area contributed by atoms with Gasteiger partial charge in [-0.3, -0.25) is 4.79 Å². The number of imide groups is 1. The van der Waals surface area contributed by atoms with Gasteiger partial charge in [0.2, 0.25) is 5.91 Å². The van der Waals surface area contributed by atoms with Crippen molar-refractivity contribution >= 4 is 12.0 Å². The Morgan fingerprint density at radius 3 is 2.41 bits per heavy atom. The molecule has 4 heteroatoms. The third-order valence-corrected chi connectivity index (χ3v) is 4.72. The first-order chi connectivity index (χ1) is 10.5. The van der Waals surface area contributed by atoms with Crippen LogP contribution in [0, 0.1) is 11.8 Å². The summed E-state index contributed by atoms with van der Waals surface area (Å²) in [6.45, 7) is 8.01. The van der Waals surface area contributed by atoms with Crippen LogP contribution in [0.5, 0.6) is 0 Å². The number of carbonyl (C=O) groups excluding carboxylic acids is 2. The predicted octanol–water partition coefficient (Wildman–Crippen LogP) is 4.17. The van der Waals surface area contributed by atoms with Crippen molar-refractivity contribution in [1.82, 2.24) is 4.90 Å². The number of benzene rings is 1. The first kappa shape index (κ1) is 16.5. The van der Waals surface area contributed by atoms with Gasteiger partial charge in [0, 0.05) is 5.92 Å². The van der Waals surface area contributed by atoms with Gasteiger partial charge in [0.15, 0.2) is 0 Å². The molecular formula is C18H25NO3. The highest BCUT2D eigenvalue weighted by atomic mass is 16.6. The molecule has 0 spiro atoms. The monoisotopic (exact) mass is 303 g/mol. The van der Waals surface area contributed by atoms with Crippen LogP contribution in [0.4, 0.5) is 4.79 Å². The van der Waals surface area contributed by atoms with Crippen molar-refractivity contribution in [3.8, 4) is 0 Å². The van der Waals surface area contributed by atoms with Gasteiger partial charge in [0.1, 0.15) is 6.10 Å². The highest BCUT2D eigenvalue weighted by Gasteiger charge is 2.45. The Kier molecular flexibility index (Phi) is 5.22. The van der Waals surface area contributed by atoms with E-state index in [1.165, 1.54) is 4.90 Å². The highest BCUT2D eigenvalue weighted by molar-refractivity contribution is 5.95. The second-order valence-corrected chi connectivity index (χ2v) is 6.06. The quantitative estimate of drug-likeness (QED) is 0.820. The first-order valence-corrected chi connectivity index (χ1v) is 8.09. The molecule has 0 unspecified atom stereocenters. The number of hydrogen-bond acceptors (Lipinski definition) is 3. The van der Waals surface area contributed by atoms with Gasteiger partial charge in [-0.05, 0) is 24.8 Å². The number of hydrogen-bond donors (Lipinski definition) is 0. The molecule has 22 heavy (non-hydrogen) atoms. The molecule has 4 atom stereocenters. The van der Waals surface area contributed by atoms with Crippen molar-refractivity contribution in [2.45, 2.75) is 52.7 Å². The van der Waals surface area contributed by atoms with Crippen molar-refractivity contribution in [2.75, 3.05) is 0 Å². The van der Waals surface area contributed by atoms with Crippen LogP contribution in [0.15, 0.2) is 30.3 Å². The summed E-state index contributed by atoms with van der Waals surface area (Å²) in [6, 6.07) is 9.32. The molecule has 1 aliphatic heterocycles. The average molecular weight is 303 g/mol. The lowest BCUT2D eigenvalue weighted by molar-refractivity contribution is -0.135. The number of ether oxygens (including phenoxy) is 1. The largest absolute Gasteiger partial charge is 0.439 e. The van der Waals surface area contributed by atoms with Gasteiger partial charge in [-0.2, -0.15) is 0 Å². The van der Waals surface area contributed by atoms with Crippen LogP contribution in [-0.2, 0) is 9.53 Å². The molecule has 1 fully saturated rings. The Bertz CT molecular complexity index is 528. The minimum Gasteiger partial charge on any atom is -0.439 e. The van der Waals surface area contributed by atoms with E-state index >= 15 is 0 Å². The zero-order valence-corrected chi connectivity index (χ0v) is 13.8. The van der Waals surface area contributed by atoms with E-state index in [0.717, 1.165) is 18.4 Å². The van der Waals surface area contributed by atoms with Gasteiger partial charge in [0.25, 0.3) is 0 Å². The molecule has 1 aromatic rings. The molecule has 2 amide bonds. The van der Waals surface area contributed by atoms with Crippen molar-refractivity contribution in [2.24, 2.45) is 11.8 Å². The van der Waals surface area contributed by atoms with Crippen LogP contribution < -0.4 is 0 Å². The van der Waals surface area contributed by atoms with Crippen LogP contribution in [-0.4, -0.2) is 22.9 Å². The fourth-order valence-corrected chi connectivity index (χ4v) is 3.13. The standard InChI is InChI=1S/C18H25NO3/c1-5-12(3)15(6-2)17(20)19-13(4)16(22-18(19)21)14-10-8-7-9-11-14/h7-13,15-16H,5-6H2,1-4H3/t12-,13+,15+,16-/m0/s1. The molecule has 0 saturated carbocycles. The third kappa shape index (κ3) is 3.01. The zero-order valence-electron chi connectivity index (χ0n) is 13.8. The maximum absolute atomic E-state index is 12.8. The lowest BCUT2D eigenvalue weighted by Crippen LogP contribution is -2.43. The SMILES string of the molecule is CC[C@H](C)[C@@H](CC)C(=O)N1C(=O)O[C@H](c2ccccc2)[C@H]1C. The molecular weight excluding hydrogens is 278 g/mol. The number of rotatable bonds is 5. The van der Waals surface area contributed by atoms with E-state index in [4.69, 9.17) is 4.74 Å². The lowest BCUT2D eigenvalue weighted by Gasteiger charge is -2.26. The van der Waals surface area contributed by atoms with Crippen molar-refractivity contribution in [3.05, 3.63) is 35.9 Å². The Labute approximate surface area is 132 Å². The van der Waals surface area contributed by atoms with Gasteiger partial charge in [0.05, 0.1) is 6.04 Å². The first-order valence-electron chi connectivity index (χ1n) is 8.09. The van der Waals surface area contributed by atoms with Crippen molar-refractivity contribution in [3.63, 3.8) is 0 Å².